The van der Waals surface area contributed by atoms with Gasteiger partial charge in [-0.3, -0.25) is 9.59 Å². The summed E-state index contributed by atoms with van der Waals surface area (Å²) in [6, 6.07) is 5.30. The minimum Gasteiger partial charge on any atom is -0.451 e. The Kier molecular flexibility index (Phi) is 6.77. The van der Waals surface area contributed by atoms with Crippen LogP contribution in [-0.2, 0) is 24.3 Å². The lowest BCUT2D eigenvalue weighted by Gasteiger charge is -2.19. The Bertz CT molecular complexity index is 739. The van der Waals surface area contributed by atoms with Crippen LogP contribution in [0.4, 0.5) is 0 Å². The zero-order chi connectivity index (χ0) is 19.3. The van der Waals surface area contributed by atoms with Crippen LogP contribution in [0.3, 0.4) is 0 Å². The highest BCUT2D eigenvalue weighted by Gasteiger charge is 2.27. The molecule has 0 bridgehead atoms. The van der Waals surface area contributed by atoms with Gasteiger partial charge < -0.3 is 10.1 Å². The number of hydrogen-bond donors (Lipinski definition) is 2. The summed E-state index contributed by atoms with van der Waals surface area (Å²) in [6.07, 6.45) is 3.04. The molecule has 0 aliphatic heterocycles. The van der Waals surface area contributed by atoms with Gasteiger partial charge in [0, 0.05) is 6.04 Å². The number of ether oxygens (including phenoxy) is 1. The van der Waals surface area contributed by atoms with Crippen molar-refractivity contribution in [2.24, 2.45) is 0 Å². The van der Waals surface area contributed by atoms with Crippen molar-refractivity contribution in [3.8, 4) is 0 Å². The van der Waals surface area contributed by atoms with Crippen molar-refractivity contribution in [2.75, 3.05) is 0 Å². The number of aryl methyl sites for hydroxylation is 1. The van der Waals surface area contributed by atoms with Crippen molar-refractivity contribution < 1.29 is 22.7 Å². The van der Waals surface area contributed by atoms with Gasteiger partial charge in [-0.25, -0.2) is 8.42 Å². The van der Waals surface area contributed by atoms with Gasteiger partial charge >= 0.3 is 5.97 Å². The molecule has 0 radical (unpaired) electrons. The lowest BCUT2D eigenvalue weighted by molar-refractivity contribution is -0.156. The van der Waals surface area contributed by atoms with Crippen molar-refractivity contribution in [2.45, 2.75) is 69.5 Å². The van der Waals surface area contributed by atoms with Crippen molar-refractivity contribution in [3.05, 3.63) is 29.8 Å². The molecule has 2 N–H and O–H groups in total. The average molecular weight is 382 g/mol. The number of nitrogens with one attached hydrogen (secondary N) is 2. The SMILES string of the molecule is Cc1ccc(S(=O)(=O)N[C@H](C)C(=O)O[C@H](C)C(=O)NC2CCCC2)cc1. The predicted molar refractivity (Wildman–Crippen MR) is 96.9 cm³/mol. The summed E-state index contributed by atoms with van der Waals surface area (Å²) >= 11 is 0. The molecule has 0 unspecified atom stereocenters. The zero-order valence-corrected chi connectivity index (χ0v) is 16.1. The van der Waals surface area contributed by atoms with E-state index in [2.05, 4.69) is 10.0 Å². The Morgan fingerprint density at radius 3 is 2.27 bits per heavy atom. The number of sulfonamides is 1. The average Bonchev–Trinajstić information content (AvgIpc) is 3.07. The monoisotopic (exact) mass is 382 g/mol. The van der Waals surface area contributed by atoms with E-state index in [4.69, 9.17) is 4.74 Å². The van der Waals surface area contributed by atoms with Gasteiger partial charge in [0.15, 0.2) is 6.10 Å². The van der Waals surface area contributed by atoms with E-state index >= 15 is 0 Å². The number of amides is 1. The van der Waals surface area contributed by atoms with Crippen LogP contribution in [0.25, 0.3) is 0 Å². The number of benzene rings is 1. The van der Waals surface area contributed by atoms with Gasteiger partial charge in [0.2, 0.25) is 10.0 Å². The third-order valence-electron chi connectivity index (χ3n) is 4.38. The van der Waals surface area contributed by atoms with Gasteiger partial charge in [-0.2, -0.15) is 4.72 Å². The molecule has 7 nitrogen and oxygen atoms in total. The summed E-state index contributed by atoms with van der Waals surface area (Å²) in [5.41, 5.74) is 0.929. The molecule has 2 atom stereocenters. The molecule has 0 heterocycles. The first kappa shape index (κ1) is 20.4. The second-order valence-electron chi connectivity index (χ2n) is 6.73. The first-order valence-electron chi connectivity index (χ1n) is 8.79. The fourth-order valence-corrected chi connectivity index (χ4v) is 3.98. The number of carbonyl (C=O) groups excluding carboxylic acids is 2. The minimum atomic E-state index is -3.85. The summed E-state index contributed by atoms with van der Waals surface area (Å²) in [6.45, 7) is 4.71. The predicted octanol–water partition coefficient (Wildman–Crippen LogP) is 1.65. The molecule has 1 aliphatic carbocycles. The van der Waals surface area contributed by atoms with E-state index in [0.29, 0.717) is 0 Å². The summed E-state index contributed by atoms with van der Waals surface area (Å²) in [4.78, 5) is 24.3. The molecule has 144 valence electrons. The molecule has 1 aromatic carbocycles. The molecule has 0 spiro atoms. The second-order valence-corrected chi connectivity index (χ2v) is 8.44. The Morgan fingerprint density at radius 2 is 1.69 bits per heavy atom. The minimum absolute atomic E-state index is 0.0646. The fourth-order valence-electron chi connectivity index (χ4n) is 2.78. The third-order valence-corrected chi connectivity index (χ3v) is 5.94. The maximum Gasteiger partial charge on any atom is 0.324 e. The van der Waals surface area contributed by atoms with Crippen molar-refractivity contribution in [3.63, 3.8) is 0 Å². The molecular formula is C18H26N2O5S. The van der Waals surface area contributed by atoms with Gasteiger partial charge in [-0.05, 0) is 45.7 Å². The molecule has 1 fully saturated rings. The van der Waals surface area contributed by atoms with Crippen LogP contribution in [0.5, 0.6) is 0 Å². The first-order chi connectivity index (χ1) is 12.2. The standard InChI is InChI=1S/C18H26N2O5S/c1-12-8-10-16(11-9-12)26(23,24)20-13(2)18(22)25-14(3)17(21)19-15-6-4-5-7-15/h8-11,13-15,20H,4-7H2,1-3H3,(H,19,21)/t13-,14-/m1/s1. The van der Waals surface area contributed by atoms with Crippen LogP contribution in [0.1, 0.15) is 45.1 Å². The van der Waals surface area contributed by atoms with E-state index in [1.54, 1.807) is 12.1 Å². The summed E-state index contributed by atoms with van der Waals surface area (Å²) in [5, 5.41) is 2.85. The molecule has 1 saturated carbocycles. The second kappa shape index (κ2) is 8.64. The smallest absolute Gasteiger partial charge is 0.324 e. The van der Waals surface area contributed by atoms with Crippen molar-refractivity contribution in [1.29, 1.82) is 0 Å². The van der Waals surface area contributed by atoms with E-state index in [-0.39, 0.29) is 16.8 Å². The van der Waals surface area contributed by atoms with Gasteiger partial charge in [-0.1, -0.05) is 30.5 Å². The molecule has 2 rings (SSSR count). The zero-order valence-electron chi connectivity index (χ0n) is 15.3. The fraction of sp³-hybridized carbons (Fsp3) is 0.556. The molecule has 26 heavy (non-hydrogen) atoms. The van der Waals surface area contributed by atoms with Crippen LogP contribution in [0.2, 0.25) is 0 Å². The first-order valence-corrected chi connectivity index (χ1v) is 10.3. The van der Waals surface area contributed by atoms with E-state index in [1.165, 1.54) is 26.0 Å². The summed E-state index contributed by atoms with van der Waals surface area (Å²) in [5.74, 6) is -1.16. The Labute approximate surface area is 154 Å². The van der Waals surface area contributed by atoms with Crippen molar-refractivity contribution in [1.82, 2.24) is 10.0 Å². The summed E-state index contributed by atoms with van der Waals surface area (Å²) < 4.78 is 32.0. The largest absolute Gasteiger partial charge is 0.451 e. The normalized spacial score (nSPS) is 17.5. The van der Waals surface area contributed by atoms with Gasteiger partial charge in [0.1, 0.15) is 6.04 Å². The van der Waals surface area contributed by atoms with Crippen LogP contribution >= 0.6 is 0 Å². The lowest BCUT2D eigenvalue weighted by atomic mass is 10.2. The van der Waals surface area contributed by atoms with E-state index < -0.39 is 28.1 Å². The number of esters is 1. The highest BCUT2D eigenvalue weighted by atomic mass is 32.2. The Hall–Kier alpha value is -1.93. The molecule has 0 aromatic heterocycles. The van der Waals surface area contributed by atoms with E-state index in [9.17, 15) is 18.0 Å². The van der Waals surface area contributed by atoms with E-state index in [1.807, 2.05) is 6.92 Å². The highest BCUT2D eigenvalue weighted by Crippen LogP contribution is 2.18. The number of rotatable bonds is 7. The molecular weight excluding hydrogens is 356 g/mol. The number of carbonyl (C=O) groups is 2. The lowest BCUT2D eigenvalue weighted by Crippen LogP contribution is -2.45. The van der Waals surface area contributed by atoms with Gasteiger partial charge in [0.05, 0.1) is 4.90 Å². The van der Waals surface area contributed by atoms with Gasteiger partial charge in [-0.15, -0.1) is 0 Å². The maximum atomic E-state index is 12.3. The van der Waals surface area contributed by atoms with Crippen LogP contribution in [0.15, 0.2) is 29.2 Å². The number of hydrogen-bond acceptors (Lipinski definition) is 5. The van der Waals surface area contributed by atoms with Gasteiger partial charge in [0.25, 0.3) is 5.91 Å². The Morgan fingerprint density at radius 1 is 1.12 bits per heavy atom. The molecule has 1 amide bonds. The van der Waals surface area contributed by atoms with E-state index in [0.717, 1.165) is 31.2 Å². The highest BCUT2D eigenvalue weighted by molar-refractivity contribution is 7.89. The summed E-state index contributed by atoms with van der Waals surface area (Å²) in [7, 11) is -3.85. The molecule has 0 saturated heterocycles. The van der Waals surface area contributed by atoms with Crippen molar-refractivity contribution >= 4 is 21.9 Å². The van der Waals surface area contributed by atoms with Crippen LogP contribution in [0, 0.1) is 6.92 Å². The third kappa shape index (κ3) is 5.54. The molecule has 8 heteroatoms. The quantitative estimate of drug-likeness (QED) is 0.698. The Balaban J connectivity index is 1.89. The maximum absolute atomic E-state index is 12.3. The van der Waals surface area contributed by atoms with Crippen LogP contribution in [-0.4, -0.2) is 38.5 Å². The topological polar surface area (TPSA) is 102 Å². The molecule has 1 aromatic rings. The molecule has 1 aliphatic rings. The van der Waals surface area contributed by atoms with Crippen LogP contribution < -0.4 is 10.0 Å².